The molecule has 0 amide bonds. The number of hydrogen-bond acceptors (Lipinski definition) is 4. The van der Waals surface area contributed by atoms with Gasteiger partial charge in [-0.05, 0) is 6.92 Å². The van der Waals surface area contributed by atoms with Crippen LogP contribution in [-0.4, -0.2) is 28.9 Å². The number of esters is 1. The molecule has 3 atom stereocenters. The molecule has 1 rings (SSSR count). The largest absolute Gasteiger partial charge is 0.431 e. The molecule has 1 aliphatic heterocycles. The molecule has 4 nitrogen and oxygen atoms in total. The number of alkyl halides is 1. The second-order valence-corrected chi connectivity index (χ2v) is 2.53. The van der Waals surface area contributed by atoms with E-state index in [1.165, 1.54) is 6.92 Å². The van der Waals surface area contributed by atoms with Gasteiger partial charge in [0.05, 0.1) is 6.10 Å². The number of aliphatic hydroxyl groups excluding tert-OH is 1. The number of cyclic esters (lactones) is 1. The van der Waals surface area contributed by atoms with Crippen LogP contribution in [0.15, 0.2) is 0 Å². The van der Waals surface area contributed by atoms with Crippen molar-refractivity contribution in [2.75, 3.05) is 0 Å². The first-order valence-corrected chi connectivity index (χ1v) is 3.33. The van der Waals surface area contributed by atoms with Crippen LogP contribution in [0.1, 0.15) is 6.92 Å². The van der Waals surface area contributed by atoms with E-state index in [9.17, 15) is 4.79 Å². The van der Waals surface area contributed by atoms with E-state index < -0.39 is 23.8 Å². The minimum Gasteiger partial charge on any atom is -0.431 e. The maximum absolute atomic E-state index is 10.7. The molecule has 0 spiro atoms. The van der Waals surface area contributed by atoms with Crippen LogP contribution in [0.2, 0.25) is 0 Å². The van der Waals surface area contributed by atoms with E-state index >= 15 is 0 Å². The van der Waals surface area contributed by atoms with E-state index in [0.717, 1.165) is 0 Å². The van der Waals surface area contributed by atoms with E-state index in [0.29, 0.717) is 0 Å². The lowest BCUT2D eigenvalue weighted by molar-refractivity contribution is -0.141. The van der Waals surface area contributed by atoms with Crippen molar-refractivity contribution in [2.24, 2.45) is 0 Å². The summed E-state index contributed by atoms with van der Waals surface area (Å²) < 4.78 is 4.49. The molecule has 5 heteroatoms. The highest BCUT2D eigenvalue weighted by Crippen LogP contribution is 2.10. The van der Waals surface area contributed by atoms with E-state index in [1.54, 1.807) is 0 Å². The van der Waals surface area contributed by atoms with Gasteiger partial charge < -0.3 is 9.84 Å². The zero-order valence-corrected chi connectivity index (χ0v) is 6.13. The highest BCUT2D eigenvalue weighted by Gasteiger charge is 2.35. The van der Waals surface area contributed by atoms with Gasteiger partial charge in [0.2, 0.25) is 5.69 Å². The Morgan fingerprint density at radius 2 is 2.50 bits per heavy atom. The molecule has 10 heavy (non-hydrogen) atoms. The molecular weight excluding hydrogens is 158 g/mol. The van der Waals surface area contributed by atoms with Crippen molar-refractivity contribution >= 4 is 17.6 Å². The smallest absolute Gasteiger partial charge is 0.328 e. The first-order valence-electron chi connectivity index (χ1n) is 2.90. The summed E-state index contributed by atoms with van der Waals surface area (Å²) in [6, 6.07) is -0.678. The van der Waals surface area contributed by atoms with Crippen molar-refractivity contribution in [1.82, 2.24) is 5.32 Å². The van der Waals surface area contributed by atoms with Gasteiger partial charge in [0.25, 0.3) is 0 Å². The highest BCUT2D eigenvalue weighted by molar-refractivity contribution is 6.20. The summed E-state index contributed by atoms with van der Waals surface area (Å²) in [6.07, 6.45) is -0.767. The van der Waals surface area contributed by atoms with Crippen LogP contribution in [0.3, 0.4) is 0 Å². The maximum Gasteiger partial charge on any atom is 0.328 e. The van der Waals surface area contributed by atoms with Crippen molar-refractivity contribution in [3.8, 4) is 0 Å². The van der Waals surface area contributed by atoms with Crippen molar-refractivity contribution in [2.45, 2.75) is 24.8 Å². The second kappa shape index (κ2) is 2.74. The SMILES string of the molecule is C[C@@H](O)[C@@H]1N[C@@H](Cl)OC1=O. The molecule has 0 unspecified atom stereocenters. The van der Waals surface area contributed by atoms with Crippen LogP contribution in [-0.2, 0) is 9.53 Å². The number of ether oxygens (including phenoxy) is 1. The zero-order chi connectivity index (χ0) is 7.72. The zero-order valence-electron chi connectivity index (χ0n) is 5.37. The van der Waals surface area contributed by atoms with Crippen LogP contribution in [0.5, 0.6) is 0 Å². The van der Waals surface area contributed by atoms with Gasteiger partial charge in [0.1, 0.15) is 6.04 Å². The van der Waals surface area contributed by atoms with Crippen LogP contribution >= 0.6 is 11.6 Å². The van der Waals surface area contributed by atoms with Gasteiger partial charge in [0, 0.05) is 0 Å². The van der Waals surface area contributed by atoms with Gasteiger partial charge in [0.15, 0.2) is 0 Å². The van der Waals surface area contributed by atoms with Gasteiger partial charge in [-0.1, -0.05) is 11.6 Å². The summed E-state index contributed by atoms with van der Waals surface area (Å²) in [7, 11) is 0. The van der Waals surface area contributed by atoms with Crippen LogP contribution < -0.4 is 5.32 Å². The molecule has 0 aromatic heterocycles. The third kappa shape index (κ3) is 1.39. The quantitative estimate of drug-likeness (QED) is 0.310. The van der Waals surface area contributed by atoms with Gasteiger partial charge >= 0.3 is 5.97 Å². The van der Waals surface area contributed by atoms with E-state index in [-0.39, 0.29) is 0 Å². The topological polar surface area (TPSA) is 58.6 Å². The minimum absolute atomic E-state index is 0.505. The van der Waals surface area contributed by atoms with E-state index in [1.807, 2.05) is 0 Å². The normalized spacial score (nSPS) is 35.7. The maximum atomic E-state index is 10.7. The Labute approximate surface area is 63.1 Å². The lowest BCUT2D eigenvalue weighted by Crippen LogP contribution is -2.38. The number of rotatable bonds is 1. The molecule has 1 heterocycles. The van der Waals surface area contributed by atoms with Crippen molar-refractivity contribution in [3.63, 3.8) is 0 Å². The monoisotopic (exact) mass is 165 g/mol. The summed E-state index contributed by atoms with van der Waals surface area (Å²) >= 11 is 5.38. The molecule has 0 radical (unpaired) electrons. The Hall–Kier alpha value is -0.320. The third-order valence-electron chi connectivity index (χ3n) is 1.27. The molecule has 0 bridgehead atoms. The van der Waals surface area contributed by atoms with Crippen LogP contribution in [0.25, 0.3) is 0 Å². The Bertz CT molecular complexity index is 150. The Kier molecular flexibility index (Phi) is 2.13. The molecule has 2 N–H and O–H groups in total. The van der Waals surface area contributed by atoms with E-state index in [4.69, 9.17) is 16.7 Å². The van der Waals surface area contributed by atoms with Gasteiger partial charge in [-0.3, -0.25) is 10.1 Å². The molecule has 1 aliphatic rings. The summed E-state index contributed by atoms with van der Waals surface area (Å²) in [5.41, 5.74) is -0.799. The molecule has 0 aromatic carbocycles. The average Bonchev–Trinajstić information content (AvgIpc) is 2.10. The van der Waals surface area contributed by atoms with Crippen molar-refractivity contribution in [1.29, 1.82) is 0 Å². The highest BCUT2D eigenvalue weighted by atomic mass is 35.5. The predicted octanol–water partition coefficient (Wildman–Crippen LogP) is -0.595. The van der Waals surface area contributed by atoms with Gasteiger partial charge in [-0.2, -0.15) is 0 Å². The second-order valence-electron chi connectivity index (χ2n) is 2.14. The van der Waals surface area contributed by atoms with Crippen LogP contribution in [0.4, 0.5) is 0 Å². The number of aliphatic hydroxyl groups is 1. The molecule has 0 aromatic rings. The van der Waals surface area contributed by atoms with Crippen molar-refractivity contribution < 1.29 is 14.6 Å². The van der Waals surface area contributed by atoms with E-state index in [2.05, 4.69) is 10.1 Å². The molecular formula is C5H8ClNO3. The number of hydrogen-bond donors (Lipinski definition) is 2. The van der Waals surface area contributed by atoms with Crippen LogP contribution in [0, 0.1) is 0 Å². The average molecular weight is 166 g/mol. The molecule has 0 aliphatic carbocycles. The fraction of sp³-hybridized carbons (Fsp3) is 0.800. The minimum atomic E-state index is -0.799. The Balaban J connectivity index is 2.55. The summed E-state index contributed by atoms with van der Waals surface area (Å²) in [6.45, 7) is 1.49. The number of carbonyl (C=O) groups is 1. The van der Waals surface area contributed by atoms with Gasteiger partial charge in [-0.15, -0.1) is 0 Å². The lowest BCUT2D eigenvalue weighted by Gasteiger charge is -2.07. The Morgan fingerprint density at radius 1 is 1.90 bits per heavy atom. The number of carbonyl (C=O) groups excluding carboxylic acids is 1. The van der Waals surface area contributed by atoms with Gasteiger partial charge in [-0.25, -0.2) is 0 Å². The standard InChI is InChI=1S/C5H8ClNO3/c1-2(8)3-4(9)10-5(6)7-3/h2-3,5,7-8H,1H3/t2-,3+,5-/m1/s1. The summed E-state index contributed by atoms with van der Waals surface area (Å²) in [5, 5.41) is 11.5. The Morgan fingerprint density at radius 3 is 2.70 bits per heavy atom. The molecule has 58 valence electrons. The third-order valence-corrected chi connectivity index (χ3v) is 1.48. The fourth-order valence-corrected chi connectivity index (χ4v) is 0.978. The summed E-state index contributed by atoms with van der Waals surface area (Å²) in [5.74, 6) is -0.505. The molecule has 1 fully saturated rings. The summed E-state index contributed by atoms with van der Waals surface area (Å²) in [4.78, 5) is 10.7. The lowest BCUT2D eigenvalue weighted by atomic mass is 10.2. The van der Waals surface area contributed by atoms with Crippen molar-refractivity contribution in [3.05, 3.63) is 0 Å². The molecule has 1 saturated heterocycles. The fourth-order valence-electron chi connectivity index (χ4n) is 0.755. The molecule has 0 saturated carbocycles. The first kappa shape index (κ1) is 7.78. The predicted molar refractivity (Wildman–Crippen MR) is 34.3 cm³/mol. The number of halogens is 1. The first-order chi connectivity index (χ1) is 4.61. The number of nitrogens with one attached hydrogen (secondary N) is 1.